The molecule has 0 fully saturated rings. The molecule has 0 aliphatic carbocycles. The molecule has 0 aromatic heterocycles. The molecule has 3 unspecified atom stereocenters. The van der Waals surface area contributed by atoms with Gasteiger partial charge < -0.3 is 18.9 Å². The molecule has 0 radical (unpaired) electrons. The van der Waals surface area contributed by atoms with Crippen LogP contribution in [0.25, 0.3) is 0 Å². The molecule has 0 rings (SSSR count). The van der Waals surface area contributed by atoms with Crippen LogP contribution >= 0.6 is 39.5 Å². The van der Waals surface area contributed by atoms with E-state index in [1.165, 1.54) is 0 Å². The smallest absolute Gasteiger partial charge is 0.331 e. The number of alkyl halides is 2. The van der Waals surface area contributed by atoms with Gasteiger partial charge in [-0.1, -0.05) is 45.7 Å². The van der Waals surface area contributed by atoms with E-state index in [-0.39, 0.29) is 36.1 Å². The summed E-state index contributed by atoms with van der Waals surface area (Å²) in [6.07, 6.45) is 0.312. The van der Waals surface area contributed by atoms with Gasteiger partial charge in [-0.15, -0.1) is 0 Å². The van der Waals surface area contributed by atoms with E-state index in [2.05, 4.69) is 31.9 Å². The summed E-state index contributed by atoms with van der Waals surface area (Å²) in [4.78, 5) is 0.165. The Kier molecular flexibility index (Phi) is 11.4. The molecule has 0 heterocycles. The zero-order chi connectivity index (χ0) is 14.0. The van der Waals surface area contributed by atoms with Crippen molar-refractivity contribution in [1.29, 1.82) is 0 Å². The van der Waals surface area contributed by atoms with Gasteiger partial charge in [0.15, 0.2) is 0 Å². The molecule has 0 aromatic rings. The molecular formula is C10H21Br2O5P. The number of halogens is 2. The summed E-state index contributed by atoms with van der Waals surface area (Å²) in [5, 5.41) is 8.53. The van der Waals surface area contributed by atoms with Crippen molar-refractivity contribution in [1.82, 2.24) is 0 Å². The third kappa shape index (κ3) is 10.9. The lowest BCUT2D eigenvalue weighted by atomic mass is 10.5. The van der Waals surface area contributed by atoms with E-state index in [1.54, 1.807) is 0 Å². The predicted molar refractivity (Wildman–Crippen MR) is 79.1 cm³/mol. The molecule has 5 nitrogen and oxygen atoms in total. The third-order valence-corrected chi connectivity index (χ3v) is 4.93. The average Bonchev–Trinajstić information content (AvgIpc) is 2.25. The Labute approximate surface area is 125 Å². The molecule has 0 saturated carbocycles. The van der Waals surface area contributed by atoms with Crippen molar-refractivity contribution in [2.24, 2.45) is 0 Å². The topological polar surface area (TPSA) is 65.0 Å². The van der Waals surface area contributed by atoms with Gasteiger partial charge in [-0.05, 0) is 0 Å². The highest BCUT2D eigenvalue weighted by Gasteiger charge is 2.27. The van der Waals surface area contributed by atoms with E-state index in [9.17, 15) is 4.57 Å². The normalized spacial score (nSPS) is 18.3. The second-order valence-electron chi connectivity index (χ2n) is 3.82. The molecule has 1 N–H and O–H groups in total. The minimum atomic E-state index is -3.10. The van der Waals surface area contributed by atoms with Gasteiger partial charge in [0, 0.05) is 9.65 Å². The van der Waals surface area contributed by atoms with Gasteiger partial charge in [0.25, 0.3) is 0 Å². The highest BCUT2D eigenvalue weighted by atomic mass is 79.9. The van der Waals surface area contributed by atoms with Crippen molar-refractivity contribution in [2.45, 2.75) is 23.5 Å². The Hall–Kier alpha value is 1.03. The van der Waals surface area contributed by atoms with Crippen molar-refractivity contribution in [3.63, 3.8) is 0 Å². The number of aliphatic hydroxyl groups excluding tert-OH is 1. The van der Waals surface area contributed by atoms with Gasteiger partial charge in [0.05, 0.1) is 39.2 Å². The number of hydrogen-bond donors (Lipinski definition) is 1. The molecule has 18 heavy (non-hydrogen) atoms. The maximum absolute atomic E-state index is 12.4. The van der Waals surface area contributed by atoms with Crippen molar-refractivity contribution < 1.29 is 23.5 Å². The molecule has 0 aromatic carbocycles. The van der Waals surface area contributed by atoms with Gasteiger partial charge in [-0.25, -0.2) is 0 Å². The van der Waals surface area contributed by atoms with Crippen LogP contribution in [0, 0.1) is 0 Å². The molecule has 110 valence electrons. The Balaban J connectivity index is 4.08. The van der Waals surface area contributed by atoms with Crippen molar-refractivity contribution in [3.8, 4) is 0 Å². The van der Waals surface area contributed by atoms with Gasteiger partial charge in [0.1, 0.15) is 0 Å². The Bertz CT molecular complexity index is 250. The van der Waals surface area contributed by atoms with Gasteiger partial charge in [0.2, 0.25) is 0 Å². The fraction of sp³-hybridized carbons (Fsp3) is 1.00. The largest absolute Gasteiger partial charge is 0.394 e. The highest BCUT2D eigenvalue weighted by molar-refractivity contribution is 9.09. The summed E-state index contributed by atoms with van der Waals surface area (Å²) in [5.74, 6) is 0. The van der Waals surface area contributed by atoms with Crippen molar-refractivity contribution in [2.75, 3.05) is 39.2 Å². The molecular weight excluding hydrogens is 391 g/mol. The van der Waals surface area contributed by atoms with Crippen LogP contribution in [0.3, 0.4) is 0 Å². The molecule has 8 heteroatoms. The average molecular weight is 412 g/mol. The summed E-state index contributed by atoms with van der Waals surface area (Å²) in [6.45, 7) is 4.82. The van der Waals surface area contributed by atoms with Gasteiger partial charge in [-0.2, -0.15) is 0 Å². The first-order chi connectivity index (χ1) is 8.39. The number of ether oxygens (including phenoxy) is 1. The molecule has 0 aliphatic heterocycles. The van der Waals surface area contributed by atoms with Gasteiger partial charge in [-0.3, -0.25) is 4.57 Å². The molecule has 0 amide bonds. The second-order valence-corrected chi connectivity index (χ2v) is 9.05. The quantitative estimate of drug-likeness (QED) is 0.321. The zero-order valence-electron chi connectivity index (χ0n) is 10.7. The minimum absolute atomic E-state index is 0.0340. The first-order valence-electron chi connectivity index (χ1n) is 5.74. The molecule has 3 atom stereocenters. The maximum Gasteiger partial charge on any atom is 0.331 e. The summed E-state index contributed by atoms with van der Waals surface area (Å²) >= 11 is 6.67. The lowest BCUT2D eigenvalue weighted by molar-refractivity contribution is 0.0652. The number of hydrogen-bond acceptors (Lipinski definition) is 5. The Morgan fingerprint density at radius 2 is 1.78 bits per heavy atom. The van der Waals surface area contributed by atoms with Gasteiger partial charge >= 0.3 is 7.60 Å². The van der Waals surface area contributed by atoms with E-state index in [0.717, 1.165) is 0 Å². The van der Waals surface area contributed by atoms with E-state index >= 15 is 0 Å². The van der Waals surface area contributed by atoms with Crippen LogP contribution in [0.2, 0.25) is 0 Å². The lowest BCUT2D eigenvalue weighted by Gasteiger charge is -2.20. The van der Waals surface area contributed by atoms with Crippen molar-refractivity contribution in [3.05, 3.63) is 0 Å². The van der Waals surface area contributed by atoms with Crippen LogP contribution in [0.5, 0.6) is 0 Å². The molecule has 0 aliphatic rings. The highest BCUT2D eigenvalue weighted by Crippen LogP contribution is 2.49. The number of aliphatic hydroxyl groups is 1. The minimum Gasteiger partial charge on any atom is -0.394 e. The molecule has 0 spiro atoms. The van der Waals surface area contributed by atoms with E-state index < -0.39 is 7.60 Å². The summed E-state index contributed by atoms with van der Waals surface area (Å²) in [6, 6.07) is 0. The van der Waals surface area contributed by atoms with E-state index in [1.807, 2.05) is 13.8 Å². The third-order valence-electron chi connectivity index (χ3n) is 1.73. The second kappa shape index (κ2) is 10.8. The Morgan fingerprint density at radius 3 is 2.28 bits per heavy atom. The standard InChI is InChI=1S/C10H21Br2O5P/c1-9(11)7-17-18(14,8-10(2)12)16-6-5-15-4-3-13/h9-10,13H,3-8H2,1-2H3. The van der Waals surface area contributed by atoms with Crippen molar-refractivity contribution >= 4 is 39.5 Å². The summed E-state index contributed by atoms with van der Waals surface area (Å²) in [7, 11) is -3.10. The first-order valence-corrected chi connectivity index (χ1v) is 9.30. The Morgan fingerprint density at radius 1 is 1.11 bits per heavy atom. The van der Waals surface area contributed by atoms with Crippen LogP contribution in [0.15, 0.2) is 0 Å². The van der Waals surface area contributed by atoms with Crippen LogP contribution in [0.1, 0.15) is 13.8 Å². The molecule has 0 saturated heterocycles. The van der Waals surface area contributed by atoms with Crippen LogP contribution in [0.4, 0.5) is 0 Å². The number of rotatable bonds is 11. The SMILES string of the molecule is CC(Br)COP(=O)(CC(C)Br)OCCOCCO. The summed E-state index contributed by atoms with van der Waals surface area (Å²) in [5.41, 5.74) is 0. The van der Waals surface area contributed by atoms with Crippen LogP contribution in [-0.2, 0) is 18.3 Å². The fourth-order valence-corrected chi connectivity index (χ4v) is 4.17. The molecule has 0 bridgehead atoms. The maximum atomic E-state index is 12.4. The fourth-order valence-electron chi connectivity index (χ4n) is 1.07. The predicted octanol–water partition coefficient (Wildman–Crippen LogP) is 2.79. The zero-order valence-corrected chi connectivity index (χ0v) is 14.7. The van der Waals surface area contributed by atoms with E-state index in [0.29, 0.717) is 12.8 Å². The first kappa shape index (κ1) is 19.0. The lowest BCUT2D eigenvalue weighted by Crippen LogP contribution is -2.13. The summed E-state index contributed by atoms with van der Waals surface area (Å²) < 4.78 is 28.1. The van der Waals surface area contributed by atoms with Crippen LogP contribution < -0.4 is 0 Å². The van der Waals surface area contributed by atoms with E-state index in [4.69, 9.17) is 18.9 Å². The monoisotopic (exact) mass is 410 g/mol. The van der Waals surface area contributed by atoms with Crippen LogP contribution in [-0.4, -0.2) is 54.0 Å².